The highest BCUT2D eigenvalue weighted by Gasteiger charge is 2.32. The van der Waals surface area contributed by atoms with Gasteiger partial charge in [0.2, 0.25) is 17.7 Å². The highest BCUT2D eigenvalue weighted by molar-refractivity contribution is 5.95. The van der Waals surface area contributed by atoms with E-state index in [0.717, 1.165) is 12.8 Å². The van der Waals surface area contributed by atoms with Crippen LogP contribution in [-0.2, 0) is 28.8 Å². The molecule has 9 nitrogen and oxygen atoms in total. The molecule has 0 spiro atoms. The van der Waals surface area contributed by atoms with Gasteiger partial charge in [0.1, 0.15) is 5.78 Å². The largest absolute Gasteiger partial charge is 0.370 e. The molecule has 3 amide bonds. The van der Waals surface area contributed by atoms with E-state index in [0.29, 0.717) is 12.8 Å². The number of ketones is 3. The zero-order chi connectivity index (χ0) is 29.6. The molecule has 4 N–H and O–H groups in total. The standard InChI is InChI=1S/C29H51N3O6/c1-17(2)22(33)12-10-9-11-13-23(34)26(18(3)4)32-29(38)21(14-15-25(30)36)16-24(35)27(19(5)6)31-28(37)20(7)8/h17-21,26-27H,9-16H2,1-8H3,(H2,30,36)(H,31,37)(H,32,38). The third-order valence-electron chi connectivity index (χ3n) is 6.69. The number of carbonyl (C=O) groups excluding carboxylic acids is 6. The molecule has 0 saturated carbocycles. The van der Waals surface area contributed by atoms with Crippen molar-refractivity contribution < 1.29 is 28.8 Å². The van der Waals surface area contributed by atoms with Gasteiger partial charge in [-0.1, -0.05) is 61.8 Å². The Morgan fingerprint density at radius 1 is 0.579 bits per heavy atom. The number of hydrogen-bond acceptors (Lipinski definition) is 6. The number of unbranched alkanes of at least 4 members (excludes halogenated alkanes) is 2. The third kappa shape index (κ3) is 13.8. The Morgan fingerprint density at radius 3 is 1.50 bits per heavy atom. The maximum absolute atomic E-state index is 13.3. The smallest absolute Gasteiger partial charge is 0.224 e. The molecule has 0 aliphatic rings. The number of nitrogens with one attached hydrogen (secondary N) is 2. The first-order valence-electron chi connectivity index (χ1n) is 14.1. The molecule has 0 radical (unpaired) electrons. The van der Waals surface area contributed by atoms with Crippen LogP contribution in [0.15, 0.2) is 0 Å². The van der Waals surface area contributed by atoms with E-state index in [4.69, 9.17) is 5.73 Å². The maximum atomic E-state index is 13.3. The van der Waals surface area contributed by atoms with Crippen molar-refractivity contribution in [3.63, 3.8) is 0 Å². The summed E-state index contributed by atoms with van der Waals surface area (Å²) in [6.45, 7) is 14.5. The van der Waals surface area contributed by atoms with Crippen LogP contribution in [0.1, 0.15) is 107 Å². The molecule has 0 fully saturated rings. The van der Waals surface area contributed by atoms with Crippen molar-refractivity contribution in [1.82, 2.24) is 10.6 Å². The van der Waals surface area contributed by atoms with Crippen molar-refractivity contribution in [2.75, 3.05) is 0 Å². The van der Waals surface area contributed by atoms with Gasteiger partial charge in [0.15, 0.2) is 11.6 Å². The summed E-state index contributed by atoms with van der Waals surface area (Å²) in [5.74, 6) is -3.03. The summed E-state index contributed by atoms with van der Waals surface area (Å²) in [6, 6.07) is -1.49. The molecule has 9 heteroatoms. The number of nitrogens with two attached hydrogens (primary N) is 1. The molecule has 218 valence electrons. The van der Waals surface area contributed by atoms with E-state index in [2.05, 4.69) is 10.6 Å². The fourth-order valence-electron chi connectivity index (χ4n) is 4.06. The average molecular weight is 538 g/mol. The van der Waals surface area contributed by atoms with Gasteiger partial charge in [-0.15, -0.1) is 0 Å². The molecule has 3 atom stereocenters. The van der Waals surface area contributed by atoms with Crippen LogP contribution < -0.4 is 16.4 Å². The lowest BCUT2D eigenvalue weighted by atomic mass is 9.88. The lowest BCUT2D eigenvalue weighted by Gasteiger charge is -2.27. The van der Waals surface area contributed by atoms with Crippen molar-refractivity contribution in [3.8, 4) is 0 Å². The zero-order valence-electron chi connectivity index (χ0n) is 24.7. The first kappa shape index (κ1) is 35.4. The molecule has 0 saturated heterocycles. The minimum Gasteiger partial charge on any atom is -0.370 e. The summed E-state index contributed by atoms with van der Waals surface area (Å²) >= 11 is 0. The summed E-state index contributed by atoms with van der Waals surface area (Å²) in [5, 5.41) is 5.57. The molecule has 38 heavy (non-hydrogen) atoms. The topological polar surface area (TPSA) is 152 Å². The van der Waals surface area contributed by atoms with Crippen LogP contribution in [-0.4, -0.2) is 47.2 Å². The molecule has 0 aliphatic heterocycles. The monoisotopic (exact) mass is 537 g/mol. The number of amides is 3. The second kappa shape index (κ2) is 17.8. The molecule has 0 rings (SSSR count). The van der Waals surface area contributed by atoms with E-state index in [1.54, 1.807) is 13.8 Å². The third-order valence-corrected chi connectivity index (χ3v) is 6.69. The van der Waals surface area contributed by atoms with Gasteiger partial charge >= 0.3 is 0 Å². The number of primary amides is 1. The quantitative estimate of drug-likeness (QED) is 0.202. The Labute approximate surface area is 228 Å². The number of carbonyl (C=O) groups is 6. The van der Waals surface area contributed by atoms with Crippen LogP contribution in [0.2, 0.25) is 0 Å². The number of Topliss-reactive ketones (excluding diaryl/α,β-unsaturated/α-hetero) is 3. The van der Waals surface area contributed by atoms with E-state index in [-0.39, 0.29) is 72.6 Å². The minimum absolute atomic E-state index is 0.00819. The predicted molar refractivity (Wildman–Crippen MR) is 148 cm³/mol. The van der Waals surface area contributed by atoms with Crippen LogP contribution in [0, 0.1) is 29.6 Å². The average Bonchev–Trinajstić information content (AvgIpc) is 2.81. The summed E-state index contributed by atoms with van der Waals surface area (Å²) in [5.41, 5.74) is 5.30. The second-order valence-corrected chi connectivity index (χ2v) is 11.6. The number of rotatable bonds is 20. The van der Waals surface area contributed by atoms with E-state index < -0.39 is 29.8 Å². The number of hydrogen-bond donors (Lipinski definition) is 3. The Morgan fingerprint density at radius 2 is 1.05 bits per heavy atom. The van der Waals surface area contributed by atoms with Crippen LogP contribution in [0.4, 0.5) is 0 Å². The molecule has 0 aromatic heterocycles. The zero-order valence-corrected chi connectivity index (χ0v) is 24.7. The summed E-state index contributed by atoms with van der Waals surface area (Å²) in [7, 11) is 0. The normalized spacial score (nSPS) is 13.9. The predicted octanol–water partition coefficient (Wildman–Crippen LogP) is 3.51. The Hall–Kier alpha value is -2.58. The van der Waals surface area contributed by atoms with E-state index in [9.17, 15) is 28.8 Å². The van der Waals surface area contributed by atoms with E-state index in [1.165, 1.54) is 0 Å². The molecule has 0 aliphatic carbocycles. The van der Waals surface area contributed by atoms with Gasteiger partial charge in [0.25, 0.3) is 0 Å². The Bertz CT molecular complexity index is 819. The van der Waals surface area contributed by atoms with Gasteiger partial charge in [-0.3, -0.25) is 28.8 Å². The van der Waals surface area contributed by atoms with Crippen molar-refractivity contribution in [2.24, 2.45) is 35.3 Å². The molecular formula is C29H51N3O6. The van der Waals surface area contributed by atoms with Gasteiger partial charge in [0, 0.05) is 43.4 Å². The Balaban J connectivity index is 5.35. The Kier molecular flexibility index (Phi) is 16.6. The van der Waals surface area contributed by atoms with Crippen molar-refractivity contribution in [3.05, 3.63) is 0 Å². The van der Waals surface area contributed by atoms with Crippen LogP contribution >= 0.6 is 0 Å². The summed E-state index contributed by atoms with van der Waals surface area (Å²) < 4.78 is 0. The van der Waals surface area contributed by atoms with Gasteiger partial charge in [-0.25, -0.2) is 0 Å². The highest BCUT2D eigenvalue weighted by Crippen LogP contribution is 2.19. The first-order chi connectivity index (χ1) is 17.6. The second-order valence-electron chi connectivity index (χ2n) is 11.6. The van der Waals surface area contributed by atoms with Crippen molar-refractivity contribution in [1.29, 1.82) is 0 Å². The van der Waals surface area contributed by atoms with Crippen LogP contribution in [0.5, 0.6) is 0 Å². The lowest BCUT2D eigenvalue weighted by molar-refractivity contribution is -0.135. The maximum Gasteiger partial charge on any atom is 0.224 e. The molecule has 0 bridgehead atoms. The van der Waals surface area contributed by atoms with E-state index >= 15 is 0 Å². The molecule has 0 heterocycles. The first-order valence-corrected chi connectivity index (χ1v) is 14.1. The molecular weight excluding hydrogens is 486 g/mol. The fraction of sp³-hybridized carbons (Fsp3) is 0.793. The SMILES string of the molecule is CC(C)C(=O)CCCCCC(=O)C(NC(=O)C(CCC(N)=O)CC(=O)C(NC(=O)C(C)C)C(C)C)C(C)C. The van der Waals surface area contributed by atoms with Gasteiger partial charge in [-0.05, 0) is 31.1 Å². The van der Waals surface area contributed by atoms with Gasteiger partial charge < -0.3 is 16.4 Å². The fourth-order valence-corrected chi connectivity index (χ4v) is 4.06. The van der Waals surface area contributed by atoms with Crippen molar-refractivity contribution >= 4 is 35.1 Å². The molecule has 3 unspecified atom stereocenters. The lowest BCUT2D eigenvalue weighted by Crippen LogP contribution is -2.49. The summed E-state index contributed by atoms with van der Waals surface area (Å²) in [6.07, 6.45) is 2.69. The highest BCUT2D eigenvalue weighted by atomic mass is 16.2. The van der Waals surface area contributed by atoms with Gasteiger partial charge in [-0.2, -0.15) is 0 Å². The van der Waals surface area contributed by atoms with Crippen molar-refractivity contribution in [2.45, 2.75) is 119 Å². The van der Waals surface area contributed by atoms with Crippen LogP contribution in [0.25, 0.3) is 0 Å². The van der Waals surface area contributed by atoms with Gasteiger partial charge in [0.05, 0.1) is 12.1 Å². The minimum atomic E-state index is -0.858. The van der Waals surface area contributed by atoms with Crippen LogP contribution in [0.3, 0.4) is 0 Å². The molecule has 0 aromatic carbocycles. The summed E-state index contributed by atoms with van der Waals surface area (Å²) in [4.78, 5) is 74.8. The van der Waals surface area contributed by atoms with E-state index in [1.807, 2.05) is 41.5 Å². The molecule has 0 aromatic rings.